The minimum absolute atomic E-state index is 0.628. The van der Waals surface area contributed by atoms with Crippen molar-refractivity contribution in [2.24, 2.45) is 0 Å². The summed E-state index contributed by atoms with van der Waals surface area (Å²) in [4.78, 5) is 7.12. The zero-order valence-corrected chi connectivity index (χ0v) is 19.6. The zero-order valence-electron chi connectivity index (χ0n) is 18.7. The van der Waals surface area contributed by atoms with E-state index in [1.54, 1.807) is 17.7 Å². The van der Waals surface area contributed by atoms with Gasteiger partial charge in [0.05, 0.1) is 0 Å². The van der Waals surface area contributed by atoms with Crippen molar-refractivity contribution in [3.05, 3.63) is 53.4 Å². The number of fused-ring (bicyclic) bond motifs is 1. The zero-order chi connectivity index (χ0) is 22.2. The van der Waals surface area contributed by atoms with Gasteiger partial charge in [-0.3, -0.25) is 4.90 Å². The Morgan fingerprint density at radius 3 is 2.79 bits per heavy atom. The highest BCUT2D eigenvalue weighted by atomic mass is 32.1. The molecule has 2 fully saturated rings. The molecular weight excluding hydrogens is 432 g/mol. The SMILES string of the molecule is CNC1CCN(Cc2ccn3ncnc(Nc4cccc(-c5nnc(C6CC6)s5)c4)c23)CC1. The summed E-state index contributed by atoms with van der Waals surface area (Å²) in [5.41, 5.74) is 4.34. The Labute approximate surface area is 197 Å². The van der Waals surface area contributed by atoms with Gasteiger partial charge in [-0.2, -0.15) is 5.10 Å². The number of anilines is 2. The van der Waals surface area contributed by atoms with Gasteiger partial charge >= 0.3 is 0 Å². The lowest BCUT2D eigenvalue weighted by molar-refractivity contribution is 0.195. The maximum Gasteiger partial charge on any atom is 0.158 e. The summed E-state index contributed by atoms with van der Waals surface area (Å²) < 4.78 is 1.92. The smallest absolute Gasteiger partial charge is 0.158 e. The van der Waals surface area contributed by atoms with Crippen LogP contribution in [0.4, 0.5) is 11.5 Å². The average Bonchev–Trinajstić information content (AvgIpc) is 3.43. The number of piperidine rings is 1. The second-order valence-electron chi connectivity index (χ2n) is 9.01. The van der Waals surface area contributed by atoms with Gasteiger partial charge in [0.2, 0.25) is 0 Å². The summed E-state index contributed by atoms with van der Waals surface area (Å²) in [5, 5.41) is 22.3. The van der Waals surface area contributed by atoms with Crippen LogP contribution < -0.4 is 10.6 Å². The first kappa shape index (κ1) is 20.7. The molecule has 1 aliphatic heterocycles. The van der Waals surface area contributed by atoms with E-state index in [1.807, 2.05) is 10.7 Å². The predicted molar refractivity (Wildman–Crippen MR) is 131 cm³/mol. The predicted octanol–water partition coefficient (Wildman–Crippen LogP) is 4.05. The van der Waals surface area contributed by atoms with Crippen molar-refractivity contribution in [3.8, 4) is 10.6 Å². The van der Waals surface area contributed by atoms with Gasteiger partial charge in [0.1, 0.15) is 21.9 Å². The van der Waals surface area contributed by atoms with Crippen molar-refractivity contribution >= 4 is 28.4 Å². The first-order valence-corrected chi connectivity index (χ1v) is 12.5. The van der Waals surface area contributed by atoms with Crippen molar-refractivity contribution in [3.63, 3.8) is 0 Å². The summed E-state index contributed by atoms with van der Waals surface area (Å²) in [6.45, 7) is 3.11. The molecule has 1 saturated carbocycles. The van der Waals surface area contributed by atoms with Crippen LogP contribution in [0.5, 0.6) is 0 Å². The molecule has 1 aliphatic carbocycles. The summed E-state index contributed by atoms with van der Waals surface area (Å²) in [6, 6.07) is 11.1. The second-order valence-corrected chi connectivity index (χ2v) is 10.0. The van der Waals surface area contributed by atoms with Crippen molar-refractivity contribution in [1.82, 2.24) is 35.0 Å². The van der Waals surface area contributed by atoms with Crippen LogP contribution in [0, 0.1) is 0 Å². The Morgan fingerprint density at radius 2 is 1.97 bits per heavy atom. The largest absolute Gasteiger partial charge is 0.338 e. The Hall–Kier alpha value is -2.88. The van der Waals surface area contributed by atoms with Crippen molar-refractivity contribution < 1.29 is 0 Å². The lowest BCUT2D eigenvalue weighted by Crippen LogP contribution is -2.40. The third-order valence-corrected chi connectivity index (χ3v) is 7.80. The van der Waals surface area contributed by atoms with Crippen molar-refractivity contribution in [2.75, 3.05) is 25.5 Å². The van der Waals surface area contributed by atoms with E-state index in [-0.39, 0.29) is 0 Å². The molecule has 3 aromatic heterocycles. The molecule has 0 amide bonds. The van der Waals surface area contributed by atoms with E-state index in [0.717, 1.165) is 52.2 Å². The van der Waals surface area contributed by atoms with Gasteiger partial charge in [-0.05, 0) is 69.6 Å². The number of nitrogens with one attached hydrogen (secondary N) is 2. The molecule has 0 spiro atoms. The summed E-state index contributed by atoms with van der Waals surface area (Å²) >= 11 is 1.71. The quantitative estimate of drug-likeness (QED) is 0.430. The maximum absolute atomic E-state index is 4.59. The molecular formula is C24H28N8S. The van der Waals surface area contributed by atoms with E-state index in [9.17, 15) is 0 Å². The maximum atomic E-state index is 4.59. The third-order valence-electron chi connectivity index (χ3n) is 6.67. The fourth-order valence-corrected chi connectivity index (χ4v) is 5.58. The molecule has 1 saturated heterocycles. The van der Waals surface area contributed by atoms with Crippen LogP contribution >= 0.6 is 11.3 Å². The highest BCUT2D eigenvalue weighted by Crippen LogP contribution is 2.42. The van der Waals surface area contributed by atoms with E-state index in [4.69, 9.17) is 0 Å². The molecule has 6 rings (SSSR count). The van der Waals surface area contributed by atoms with Gasteiger partial charge < -0.3 is 10.6 Å². The van der Waals surface area contributed by atoms with Crippen LogP contribution in [0.3, 0.4) is 0 Å². The molecule has 9 heteroatoms. The van der Waals surface area contributed by atoms with E-state index in [0.29, 0.717) is 12.0 Å². The highest BCUT2D eigenvalue weighted by molar-refractivity contribution is 7.14. The Balaban J connectivity index is 1.24. The Bertz CT molecular complexity index is 1250. The van der Waals surface area contributed by atoms with Crippen molar-refractivity contribution in [1.29, 1.82) is 0 Å². The second kappa shape index (κ2) is 8.81. The summed E-state index contributed by atoms with van der Waals surface area (Å²) in [6.07, 6.45) is 8.48. The number of rotatable bonds is 7. The molecule has 4 heterocycles. The number of nitrogens with zero attached hydrogens (tertiary/aromatic N) is 6. The van der Waals surface area contributed by atoms with E-state index in [1.165, 1.54) is 31.2 Å². The third kappa shape index (κ3) is 4.36. The van der Waals surface area contributed by atoms with Crippen LogP contribution in [0.15, 0.2) is 42.9 Å². The fourth-order valence-electron chi connectivity index (χ4n) is 4.57. The molecule has 0 atom stereocenters. The minimum atomic E-state index is 0.628. The van der Waals surface area contributed by atoms with Gasteiger partial charge in [0, 0.05) is 36.0 Å². The number of benzene rings is 1. The molecule has 0 unspecified atom stereocenters. The molecule has 8 nitrogen and oxygen atoms in total. The van der Waals surface area contributed by atoms with E-state index in [2.05, 4.69) is 73.2 Å². The molecule has 1 aromatic carbocycles. The summed E-state index contributed by atoms with van der Waals surface area (Å²) in [7, 11) is 2.06. The normalized spacial score (nSPS) is 17.6. The van der Waals surface area contributed by atoms with Gasteiger partial charge in [-0.15, -0.1) is 10.2 Å². The first-order chi connectivity index (χ1) is 16.3. The van der Waals surface area contributed by atoms with Crippen LogP contribution in [0.1, 0.15) is 42.2 Å². The lowest BCUT2D eigenvalue weighted by Gasteiger charge is -2.31. The van der Waals surface area contributed by atoms with E-state index >= 15 is 0 Å². The number of hydrogen-bond donors (Lipinski definition) is 2. The number of hydrogen-bond acceptors (Lipinski definition) is 8. The average molecular weight is 461 g/mol. The lowest BCUT2D eigenvalue weighted by atomic mass is 10.0. The fraction of sp³-hybridized carbons (Fsp3) is 0.417. The molecule has 4 aromatic rings. The van der Waals surface area contributed by atoms with E-state index < -0.39 is 0 Å². The Morgan fingerprint density at radius 1 is 1.09 bits per heavy atom. The molecule has 33 heavy (non-hydrogen) atoms. The van der Waals surface area contributed by atoms with Crippen LogP contribution in [0.2, 0.25) is 0 Å². The topological polar surface area (TPSA) is 83.3 Å². The summed E-state index contributed by atoms with van der Waals surface area (Å²) in [5.74, 6) is 1.45. The van der Waals surface area contributed by atoms with Crippen molar-refractivity contribution in [2.45, 2.75) is 44.2 Å². The number of likely N-dealkylation sites (tertiary alicyclic amines) is 1. The van der Waals surface area contributed by atoms with Gasteiger partial charge in [0.15, 0.2) is 5.82 Å². The highest BCUT2D eigenvalue weighted by Gasteiger charge is 2.27. The standard InChI is InChI=1S/C24H28N8S/c1-25-19-8-10-31(11-9-19)14-18-7-12-32-21(18)22(26-15-27-32)28-20-4-2-3-17(13-20)24-30-29-23(33-24)16-5-6-16/h2-4,7,12-13,15-16,19,25H,5-6,8-11,14H2,1H3,(H,26,27,28). The molecule has 0 radical (unpaired) electrons. The molecule has 2 aliphatic rings. The molecule has 170 valence electrons. The number of aromatic nitrogens is 5. The van der Waals surface area contributed by atoms with Gasteiger partial charge in [-0.25, -0.2) is 9.50 Å². The van der Waals surface area contributed by atoms with Crippen LogP contribution in [0.25, 0.3) is 16.1 Å². The minimum Gasteiger partial charge on any atom is -0.338 e. The van der Waals surface area contributed by atoms with Gasteiger partial charge in [0.25, 0.3) is 0 Å². The van der Waals surface area contributed by atoms with Gasteiger partial charge in [-0.1, -0.05) is 23.5 Å². The monoisotopic (exact) mass is 460 g/mol. The Kier molecular flexibility index (Phi) is 5.53. The van der Waals surface area contributed by atoms with Crippen LogP contribution in [-0.2, 0) is 6.54 Å². The molecule has 2 N–H and O–H groups in total. The first-order valence-electron chi connectivity index (χ1n) is 11.7. The van der Waals surface area contributed by atoms with Crippen LogP contribution in [-0.4, -0.2) is 55.9 Å². The molecule has 0 bridgehead atoms.